The van der Waals surface area contributed by atoms with Crippen molar-refractivity contribution in [3.63, 3.8) is 0 Å². The summed E-state index contributed by atoms with van der Waals surface area (Å²) in [6.07, 6.45) is 1.57. The molecule has 0 aromatic carbocycles. The average Bonchev–Trinajstić information content (AvgIpc) is 3.00. The van der Waals surface area contributed by atoms with Gasteiger partial charge in [-0.3, -0.25) is 9.59 Å². The SMILES string of the molecule is CC(=O)c1ccc(C(=O)N[C@@H](C)c2ccco2)s1. The fourth-order valence-corrected chi connectivity index (χ4v) is 2.33. The summed E-state index contributed by atoms with van der Waals surface area (Å²) in [6, 6.07) is 6.71. The second-order valence-corrected chi connectivity index (χ2v) is 5.01. The van der Waals surface area contributed by atoms with Crippen LogP contribution in [0.5, 0.6) is 0 Å². The highest BCUT2D eigenvalue weighted by Gasteiger charge is 2.15. The summed E-state index contributed by atoms with van der Waals surface area (Å²) >= 11 is 1.20. The van der Waals surface area contributed by atoms with Crippen molar-refractivity contribution in [1.29, 1.82) is 0 Å². The van der Waals surface area contributed by atoms with E-state index in [0.29, 0.717) is 15.5 Å². The summed E-state index contributed by atoms with van der Waals surface area (Å²) < 4.78 is 5.21. The van der Waals surface area contributed by atoms with Gasteiger partial charge in [-0.15, -0.1) is 11.3 Å². The van der Waals surface area contributed by atoms with E-state index in [2.05, 4.69) is 5.32 Å². The van der Waals surface area contributed by atoms with E-state index in [9.17, 15) is 9.59 Å². The summed E-state index contributed by atoms with van der Waals surface area (Å²) in [4.78, 5) is 24.2. The molecular weight excluding hydrogens is 250 g/mol. The minimum atomic E-state index is -0.199. The van der Waals surface area contributed by atoms with Crippen molar-refractivity contribution in [3.05, 3.63) is 46.0 Å². The highest BCUT2D eigenvalue weighted by Crippen LogP contribution is 2.19. The first-order chi connectivity index (χ1) is 8.58. The zero-order valence-electron chi connectivity index (χ0n) is 10.1. The zero-order chi connectivity index (χ0) is 13.1. The quantitative estimate of drug-likeness (QED) is 0.862. The number of furan rings is 1. The van der Waals surface area contributed by atoms with Gasteiger partial charge in [-0.2, -0.15) is 0 Å². The maximum atomic E-state index is 11.9. The predicted octanol–water partition coefficient (Wildman–Crippen LogP) is 3.03. The Morgan fingerprint density at radius 3 is 2.56 bits per heavy atom. The van der Waals surface area contributed by atoms with E-state index in [1.807, 2.05) is 6.92 Å². The van der Waals surface area contributed by atoms with E-state index < -0.39 is 0 Å². The Hall–Kier alpha value is -1.88. The Morgan fingerprint density at radius 2 is 2.00 bits per heavy atom. The summed E-state index contributed by atoms with van der Waals surface area (Å²) in [5.41, 5.74) is 0. The van der Waals surface area contributed by atoms with Crippen LogP contribution in [-0.4, -0.2) is 11.7 Å². The summed E-state index contributed by atoms with van der Waals surface area (Å²) in [5.74, 6) is 0.473. The van der Waals surface area contributed by atoms with Gasteiger partial charge in [-0.05, 0) is 38.1 Å². The van der Waals surface area contributed by atoms with Gasteiger partial charge in [-0.25, -0.2) is 0 Å². The first-order valence-electron chi connectivity index (χ1n) is 5.53. The highest BCUT2D eigenvalue weighted by atomic mass is 32.1. The third-order valence-corrected chi connectivity index (χ3v) is 3.68. The zero-order valence-corrected chi connectivity index (χ0v) is 10.9. The Bertz CT molecular complexity index is 557. The van der Waals surface area contributed by atoms with Gasteiger partial charge in [-0.1, -0.05) is 0 Å². The lowest BCUT2D eigenvalue weighted by Gasteiger charge is -2.09. The average molecular weight is 263 g/mol. The first-order valence-corrected chi connectivity index (χ1v) is 6.34. The molecular formula is C13H13NO3S. The van der Waals surface area contributed by atoms with E-state index in [1.165, 1.54) is 18.3 Å². The Morgan fingerprint density at radius 1 is 1.28 bits per heavy atom. The molecule has 0 saturated heterocycles. The molecule has 18 heavy (non-hydrogen) atoms. The number of nitrogens with one attached hydrogen (secondary N) is 1. The van der Waals surface area contributed by atoms with Crippen LogP contribution in [0.1, 0.15) is 45.0 Å². The van der Waals surface area contributed by atoms with Crippen molar-refractivity contribution >= 4 is 23.0 Å². The number of carbonyl (C=O) groups is 2. The van der Waals surface area contributed by atoms with Crippen molar-refractivity contribution in [2.45, 2.75) is 19.9 Å². The second-order valence-electron chi connectivity index (χ2n) is 3.93. The standard InChI is InChI=1S/C13H13NO3S/c1-8(10-4-3-7-17-10)14-13(16)12-6-5-11(18-12)9(2)15/h3-8H,1-2H3,(H,14,16)/t8-/m0/s1. The maximum absolute atomic E-state index is 11.9. The molecule has 2 rings (SSSR count). The van der Waals surface area contributed by atoms with Gasteiger partial charge in [0.25, 0.3) is 5.91 Å². The van der Waals surface area contributed by atoms with Crippen LogP contribution in [0, 0.1) is 0 Å². The predicted molar refractivity (Wildman–Crippen MR) is 68.9 cm³/mol. The first kappa shape index (κ1) is 12.6. The van der Waals surface area contributed by atoms with Crippen LogP contribution >= 0.6 is 11.3 Å². The van der Waals surface area contributed by atoms with Crippen LogP contribution in [0.4, 0.5) is 0 Å². The number of hydrogen-bond acceptors (Lipinski definition) is 4. The highest BCUT2D eigenvalue weighted by molar-refractivity contribution is 7.15. The topological polar surface area (TPSA) is 59.3 Å². The van der Waals surface area contributed by atoms with Crippen LogP contribution in [-0.2, 0) is 0 Å². The largest absolute Gasteiger partial charge is 0.467 e. The lowest BCUT2D eigenvalue weighted by atomic mass is 10.2. The molecule has 0 aliphatic carbocycles. The molecule has 2 aromatic rings. The van der Waals surface area contributed by atoms with Gasteiger partial charge in [0.1, 0.15) is 5.76 Å². The van der Waals surface area contributed by atoms with Crippen molar-refractivity contribution in [2.24, 2.45) is 0 Å². The monoisotopic (exact) mass is 263 g/mol. The molecule has 0 bridgehead atoms. The third-order valence-electron chi connectivity index (χ3n) is 2.49. The smallest absolute Gasteiger partial charge is 0.261 e. The molecule has 2 aromatic heterocycles. The van der Waals surface area contributed by atoms with E-state index in [0.717, 1.165) is 0 Å². The van der Waals surface area contributed by atoms with Gasteiger partial charge in [0.15, 0.2) is 5.78 Å². The molecule has 1 N–H and O–H groups in total. The van der Waals surface area contributed by atoms with Gasteiger partial charge in [0.05, 0.1) is 22.1 Å². The minimum Gasteiger partial charge on any atom is -0.467 e. The normalized spacial score (nSPS) is 12.1. The molecule has 94 valence electrons. The molecule has 2 heterocycles. The van der Waals surface area contributed by atoms with Gasteiger partial charge in [0, 0.05) is 0 Å². The van der Waals surface area contributed by atoms with Crippen molar-refractivity contribution < 1.29 is 14.0 Å². The summed E-state index contributed by atoms with van der Waals surface area (Å²) in [7, 11) is 0. The van der Waals surface area contributed by atoms with E-state index in [-0.39, 0.29) is 17.7 Å². The number of carbonyl (C=O) groups excluding carboxylic acids is 2. The molecule has 5 heteroatoms. The number of ketones is 1. The molecule has 0 aliphatic rings. The van der Waals surface area contributed by atoms with E-state index >= 15 is 0 Å². The maximum Gasteiger partial charge on any atom is 0.261 e. The van der Waals surface area contributed by atoms with Crippen LogP contribution < -0.4 is 5.32 Å². The molecule has 0 unspecified atom stereocenters. The molecule has 1 amide bonds. The number of rotatable bonds is 4. The molecule has 1 atom stereocenters. The van der Waals surface area contributed by atoms with Crippen molar-refractivity contribution in [2.75, 3.05) is 0 Å². The Labute approximate surface area is 109 Å². The van der Waals surface area contributed by atoms with Crippen LogP contribution in [0.2, 0.25) is 0 Å². The van der Waals surface area contributed by atoms with Crippen LogP contribution in [0.3, 0.4) is 0 Å². The fourth-order valence-electron chi connectivity index (χ4n) is 1.53. The van der Waals surface area contributed by atoms with E-state index in [4.69, 9.17) is 4.42 Å². The summed E-state index contributed by atoms with van der Waals surface area (Å²) in [5, 5.41) is 2.82. The third kappa shape index (κ3) is 2.68. The minimum absolute atomic E-state index is 0.0295. The fraction of sp³-hybridized carbons (Fsp3) is 0.231. The molecule has 0 fully saturated rings. The Kier molecular flexibility index (Phi) is 3.62. The van der Waals surface area contributed by atoms with Gasteiger partial charge in [0.2, 0.25) is 0 Å². The number of hydrogen-bond donors (Lipinski definition) is 1. The second kappa shape index (κ2) is 5.18. The number of amides is 1. The molecule has 4 nitrogen and oxygen atoms in total. The number of thiophene rings is 1. The lowest BCUT2D eigenvalue weighted by Crippen LogP contribution is -2.25. The molecule has 0 spiro atoms. The molecule has 0 aliphatic heterocycles. The Balaban J connectivity index is 2.05. The lowest BCUT2D eigenvalue weighted by molar-refractivity contribution is 0.0939. The molecule has 0 radical (unpaired) electrons. The summed E-state index contributed by atoms with van der Waals surface area (Å²) in [6.45, 7) is 3.33. The van der Waals surface area contributed by atoms with Crippen LogP contribution in [0.25, 0.3) is 0 Å². The number of Topliss-reactive ketones (excluding diaryl/α,β-unsaturated/α-hetero) is 1. The molecule has 0 saturated carbocycles. The van der Waals surface area contributed by atoms with Crippen LogP contribution in [0.15, 0.2) is 34.9 Å². The van der Waals surface area contributed by atoms with Gasteiger partial charge >= 0.3 is 0 Å². The van der Waals surface area contributed by atoms with Gasteiger partial charge < -0.3 is 9.73 Å². The van der Waals surface area contributed by atoms with Crippen molar-refractivity contribution in [3.8, 4) is 0 Å². The van der Waals surface area contributed by atoms with E-state index in [1.54, 1.807) is 30.5 Å². The van der Waals surface area contributed by atoms with Crippen molar-refractivity contribution in [1.82, 2.24) is 5.32 Å².